The van der Waals surface area contributed by atoms with Crippen LogP contribution in [-0.4, -0.2) is 44.9 Å². The number of aromatic carboxylic acids is 2. The molecule has 0 atom stereocenters. The SMILES string of the molecule is O=C(O)CCCCO.O=C(O)c1ccccc1C(=O)O. The van der Waals surface area contributed by atoms with Gasteiger partial charge in [-0.2, -0.15) is 0 Å². The second-order valence-electron chi connectivity index (χ2n) is 3.73. The van der Waals surface area contributed by atoms with Crippen LogP contribution < -0.4 is 0 Å². The van der Waals surface area contributed by atoms with Crippen molar-refractivity contribution < 1.29 is 34.8 Å². The summed E-state index contributed by atoms with van der Waals surface area (Å²) in [6.07, 6.45) is 1.33. The number of carboxylic acids is 3. The van der Waals surface area contributed by atoms with Crippen LogP contribution in [0, 0.1) is 0 Å². The minimum atomic E-state index is -1.23. The predicted molar refractivity (Wildman–Crippen MR) is 68.9 cm³/mol. The third kappa shape index (κ3) is 7.12. The van der Waals surface area contributed by atoms with E-state index in [0.717, 1.165) is 0 Å². The van der Waals surface area contributed by atoms with Crippen LogP contribution in [-0.2, 0) is 4.79 Å². The highest BCUT2D eigenvalue weighted by molar-refractivity contribution is 6.01. The number of benzene rings is 1. The Hall–Kier alpha value is -2.41. The average Bonchev–Trinajstić information content (AvgIpc) is 2.39. The van der Waals surface area contributed by atoms with Gasteiger partial charge >= 0.3 is 17.9 Å². The van der Waals surface area contributed by atoms with Crippen molar-refractivity contribution in [1.29, 1.82) is 0 Å². The van der Waals surface area contributed by atoms with Crippen LogP contribution in [0.2, 0.25) is 0 Å². The maximum absolute atomic E-state index is 10.5. The van der Waals surface area contributed by atoms with E-state index >= 15 is 0 Å². The van der Waals surface area contributed by atoms with Crippen LogP contribution in [0.3, 0.4) is 0 Å². The molecule has 7 heteroatoms. The van der Waals surface area contributed by atoms with Crippen LogP contribution in [0.5, 0.6) is 0 Å². The van der Waals surface area contributed by atoms with E-state index in [0.29, 0.717) is 12.8 Å². The van der Waals surface area contributed by atoms with Gasteiger partial charge in [0.05, 0.1) is 11.1 Å². The summed E-state index contributed by atoms with van der Waals surface area (Å²) in [5.41, 5.74) is -0.380. The topological polar surface area (TPSA) is 132 Å². The molecule has 1 aromatic carbocycles. The van der Waals surface area contributed by atoms with Crippen molar-refractivity contribution in [2.45, 2.75) is 19.3 Å². The van der Waals surface area contributed by atoms with E-state index in [9.17, 15) is 14.4 Å². The number of hydrogen-bond donors (Lipinski definition) is 4. The molecule has 0 aliphatic carbocycles. The van der Waals surface area contributed by atoms with Gasteiger partial charge in [-0.3, -0.25) is 4.79 Å². The molecule has 0 bridgehead atoms. The Morgan fingerprint density at radius 1 is 0.850 bits per heavy atom. The first-order valence-electron chi connectivity index (χ1n) is 5.78. The molecule has 0 radical (unpaired) electrons. The van der Waals surface area contributed by atoms with Crippen molar-refractivity contribution in [1.82, 2.24) is 0 Å². The molecule has 0 spiro atoms. The van der Waals surface area contributed by atoms with Crippen LogP contribution in [0.15, 0.2) is 24.3 Å². The molecule has 0 fully saturated rings. The van der Waals surface area contributed by atoms with E-state index in [-0.39, 0.29) is 24.2 Å². The van der Waals surface area contributed by atoms with E-state index in [1.807, 2.05) is 0 Å². The third-order valence-corrected chi connectivity index (χ3v) is 2.19. The summed E-state index contributed by atoms with van der Waals surface area (Å²) in [5, 5.41) is 33.3. The minimum absolute atomic E-state index is 0.0906. The van der Waals surface area contributed by atoms with Crippen LogP contribution in [0.1, 0.15) is 40.0 Å². The highest BCUT2D eigenvalue weighted by Crippen LogP contribution is 2.07. The molecule has 0 saturated heterocycles. The molecule has 1 aromatic rings. The molecular weight excluding hydrogens is 268 g/mol. The van der Waals surface area contributed by atoms with Gasteiger partial charge in [0.25, 0.3) is 0 Å². The lowest BCUT2D eigenvalue weighted by atomic mass is 10.1. The van der Waals surface area contributed by atoms with E-state index in [1.165, 1.54) is 24.3 Å². The van der Waals surface area contributed by atoms with Crippen molar-refractivity contribution in [3.63, 3.8) is 0 Å². The standard InChI is InChI=1S/C8H6O4.C5H10O3/c9-7(10)5-3-1-2-4-6(5)8(11)12;6-4-2-1-3-5(7)8/h1-4H,(H,9,10)(H,11,12);6H,1-4H2,(H,7,8). The summed E-state index contributed by atoms with van der Waals surface area (Å²) in [6, 6.07) is 5.48. The molecule has 0 saturated carbocycles. The average molecular weight is 284 g/mol. The fourth-order valence-corrected chi connectivity index (χ4v) is 1.24. The lowest BCUT2D eigenvalue weighted by molar-refractivity contribution is -0.137. The summed E-state index contributed by atoms with van der Waals surface area (Å²) in [5.74, 6) is -3.25. The van der Waals surface area contributed by atoms with Crippen LogP contribution in [0.25, 0.3) is 0 Å². The van der Waals surface area contributed by atoms with Crippen molar-refractivity contribution in [3.05, 3.63) is 35.4 Å². The Labute approximate surface area is 115 Å². The molecule has 0 aliphatic rings. The Morgan fingerprint density at radius 2 is 1.30 bits per heavy atom. The van der Waals surface area contributed by atoms with E-state index < -0.39 is 17.9 Å². The zero-order chi connectivity index (χ0) is 15.5. The van der Waals surface area contributed by atoms with Crippen molar-refractivity contribution in [3.8, 4) is 0 Å². The number of hydrogen-bond acceptors (Lipinski definition) is 4. The number of rotatable bonds is 6. The number of aliphatic hydroxyl groups excluding tert-OH is 1. The zero-order valence-corrected chi connectivity index (χ0v) is 10.7. The normalized spacial score (nSPS) is 9.25. The first-order valence-corrected chi connectivity index (χ1v) is 5.78. The van der Waals surface area contributed by atoms with E-state index in [2.05, 4.69) is 0 Å². The van der Waals surface area contributed by atoms with E-state index in [4.69, 9.17) is 20.4 Å². The summed E-state index contributed by atoms with van der Waals surface area (Å²) < 4.78 is 0. The van der Waals surface area contributed by atoms with E-state index in [1.54, 1.807) is 0 Å². The molecule has 7 nitrogen and oxygen atoms in total. The fraction of sp³-hybridized carbons (Fsp3) is 0.308. The summed E-state index contributed by atoms with van der Waals surface area (Å²) in [7, 11) is 0. The highest BCUT2D eigenvalue weighted by Gasteiger charge is 2.13. The number of carboxylic acid groups (broad SMARTS) is 3. The molecule has 20 heavy (non-hydrogen) atoms. The fourth-order valence-electron chi connectivity index (χ4n) is 1.24. The van der Waals surface area contributed by atoms with Gasteiger partial charge in [-0.25, -0.2) is 9.59 Å². The van der Waals surface area contributed by atoms with Crippen LogP contribution in [0.4, 0.5) is 0 Å². The summed E-state index contributed by atoms with van der Waals surface area (Å²) >= 11 is 0. The van der Waals surface area contributed by atoms with Crippen LogP contribution >= 0.6 is 0 Å². The van der Waals surface area contributed by atoms with Gasteiger partial charge in [0.15, 0.2) is 0 Å². The number of aliphatic hydroxyl groups is 1. The van der Waals surface area contributed by atoms with Gasteiger partial charge < -0.3 is 20.4 Å². The largest absolute Gasteiger partial charge is 0.481 e. The maximum Gasteiger partial charge on any atom is 0.336 e. The lowest BCUT2D eigenvalue weighted by Gasteiger charge is -1.98. The third-order valence-electron chi connectivity index (χ3n) is 2.19. The van der Waals surface area contributed by atoms with Gasteiger partial charge in [-0.05, 0) is 25.0 Å². The van der Waals surface area contributed by atoms with Crippen molar-refractivity contribution >= 4 is 17.9 Å². The molecule has 110 valence electrons. The first kappa shape index (κ1) is 17.6. The number of carbonyl (C=O) groups is 3. The smallest absolute Gasteiger partial charge is 0.336 e. The van der Waals surface area contributed by atoms with Gasteiger partial charge in [0.2, 0.25) is 0 Å². The van der Waals surface area contributed by atoms with Crippen molar-refractivity contribution in [2.24, 2.45) is 0 Å². The molecule has 0 aliphatic heterocycles. The Bertz CT molecular complexity index is 435. The Kier molecular flexibility index (Phi) is 8.36. The summed E-state index contributed by atoms with van der Waals surface area (Å²) in [6.45, 7) is 0.0906. The monoisotopic (exact) mass is 284 g/mol. The molecule has 0 heterocycles. The quantitative estimate of drug-likeness (QED) is 0.579. The predicted octanol–water partition coefficient (Wildman–Crippen LogP) is 1.32. The lowest BCUT2D eigenvalue weighted by Crippen LogP contribution is -2.06. The maximum atomic E-state index is 10.5. The van der Waals surface area contributed by atoms with Gasteiger partial charge in [0, 0.05) is 13.0 Å². The molecule has 0 amide bonds. The molecule has 4 N–H and O–H groups in total. The Morgan fingerprint density at radius 3 is 1.60 bits per heavy atom. The molecule has 0 unspecified atom stereocenters. The van der Waals surface area contributed by atoms with Gasteiger partial charge in [-0.1, -0.05) is 12.1 Å². The summed E-state index contributed by atoms with van der Waals surface area (Å²) in [4.78, 5) is 30.7. The van der Waals surface area contributed by atoms with Crippen molar-refractivity contribution in [2.75, 3.05) is 6.61 Å². The minimum Gasteiger partial charge on any atom is -0.481 e. The van der Waals surface area contributed by atoms with Gasteiger partial charge in [-0.15, -0.1) is 0 Å². The molecule has 0 aromatic heterocycles. The number of unbranched alkanes of at least 4 members (excludes halogenated alkanes) is 1. The molecule has 1 rings (SSSR count). The van der Waals surface area contributed by atoms with Gasteiger partial charge in [0.1, 0.15) is 0 Å². The zero-order valence-electron chi connectivity index (χ0n) is 10.7. The second-order valence-corrected chi connectivity index (χ2v) is 3.73. The number of aliphatic carboxylic acids is 1. The molecular formula is C13H16O7. The Balaban J connectivity index is 0.000000396. The highest BCUT2D eigenvalue weighted by atomic mass is 16.4. The second kappa shape index (κ2) is 9.51. The first-order chi connectivity index (χ1) is 9.40.